The Morgan fingerprint density at radius 2 is 1.97 bits per heavy atom. The molecule has 0 unspecified atom stereocenters. The molecule has 1 aliphatic rings. The van der Waals surface area contributed by atoms with E-state index >= 15 is 0 Å². The Morgan fingerprint density at radius 3 is 2.67 bits per heavy atom. The summed E-state index contributed by atoms with van der Waals surface area (Å²) in [5.41, 5.74) is 5.08. The third kappa shape index (κ3) is 3.63. The van der Waals surface area contributed by atoms with Crippen molar-refractivity contribution in [3.8, 4) is 0 Å². The van der Waals surface area contributed by atoms with Gasteiger partial charge in [0.1, 0.15) is 12.2 Å². The highest BCUT2D eigenvalue weighted by atomic mass is 19.1. The van der Waals surface area contributed by atoms with Gasteiger partial charge in [0.05, 0.1) is 31.7 Å². The SMILES string of the molecule is COC(=O)c1cc(N2CCOCC2)nn2c(Cc3cccc(CF)c3C)c(C)nc12. The first-order valence-electron chi connectivity index (χ1n) is 9.97. The number of esters is 1. The smallest absolute Gasteiger partial charge is 0.341 e. The van der Waals surface area contributed by atoms with E-state index in [-0.39, 0.29) is 0 Å². The zero-order valence-corrected chi connectivity index (χ0v) is 17.4. The molecule has 0 radical (unpaired) electrons. The summed E-state index contributed by atoms with van der Waals surface area (Å²) >= 11 is 0. The maximum Gasteiger partial charge on any atom is 0.341 e. The van der Waals surface area contributed by atoms with Gasteiger partial charge in [-0.15, -0.1) is 5.10 Å². The van der Waals surface area contributed by atoms with Crippen LogP contribution in [0.25, 0.3) is 5.65 Å². The molecular weight excluding hydrogens is 387 g/mol. The third-order valence-electron chi connectivity index (χ3n) is 5.66. The molecular formula is C22H25FN4O3. The lowest BCUT2D eigenvalue weighted by Crippen LogP contribution is -2.37. The number of anilines is 1. The first-order chi connectivity index (χ1) is 14.5. The van der Waals surface area contributed by atoms with E-state index in [1.807, 2.05) is 26.0 Å². The monoisotopic (exact) mass is 412 g/mol. The van der Waals surface area contributed by atoms with Crippen molar-refractivity contribution in [3.63, 3.8) is 0 Å². The van der Waals surface area contributed by atoms with Crippen molar-refractivity contribution in [2.75, 3.05) is 38.3 Å². The van der Waals surface area contributed by atoms with Gasteiger partial charge in [-0.3, -0.25) is 0 Å². The van der Waals surface area contributed by atoms with Gasteiger partial charge >= 0.3 is 5.97 Å². The molecule has 0 aliphatic carbocycles. The van der Waals surface area contributed by atoms with Crippen LogP contribution in [0.15, 0.2) is 24.3 Å². The van der Waals surface area contributed by atoms with Gasteiger partial charge in [-0.25, -0.2) is 18.7 Å². The number of morpholine rings is 1. The summed E-state index contributed by atoms with van der Waals surface area (Å²) in [5.74, 6) is 0.225. The van der Waals surface area contributed by atoms with E-state index in [0.29, 0.717) is 55.3 Å². The van der Waals surface area contributed by atoms with E-state index in [0.717, 1.165) is 22.5 Å². The Bertz CT molecular complexity index is 1090. The van der Waals surface area contributed by atoms with Crippen molar-refractivity contribution in [2.45, 2.75) is 26.9 Å². The summed E-state index contributed by atoms with van der Waals surface area (Å²) in [5, 5.41) is 4.81. The lowest BCUT2D eigenvalue weighted by Gasteiger charge is -2.28. The highest BCUT2D eigenvalue weighted by molar-refractivity contribution is 5.96. The Hall–Kier alpha value is -3.00. The maximum atomic E-state index is 13.3. The number of methoxy groups -OCH3 is 1. The lowest BCUT2D eigenvalue weighted by molar-refractivity contribution is 0.0602. The molecule has 3 aromatic rings. The highest BCUT2D eigenvalue weighted by Crippen LogP contribution is 2.25. The fourth-order valence-corrected chi connectivity index (χ4v) is 3.82. The lowest BCUT2D eigenvalue weighted by atomic mass is 9.99. The van der Waals surface area contributed by atoms with Gasteiger partial charge < -0.3 is 14.4 Å². The average molecular weight is 412 g/mol. The van der Waals surface area contributed by atoms with E-state index in [2.05, 4.69) is 9.88 Å². The van der Waals surface area contributed by atoms with Gasteiger partial charge in [0.25, 0.3) is 0 Å². The zero-order valence-electron chi connectivity index (χ0n) is 17.4. The predicted octanol–water partition coefficient (Wildman–Crippen LogP) is 3.03. The molecule has 0 amide bonds. The van der Waals surface area contributed by atoms with Crippen LogP contribution in [-0.4, -0.2) is 54.0 Å². The van der Waals surface area contributed by atoms with E-state index in [9.17, 15) is 9.18 Å². The van der Waals surface area contributed by atoms with Crippen molar-refractivity contribution in [2.24, 2.45) is 0 Å². The molecule has 0 spiro atoms. The molecule has 1 fully saturated rings. The molecule has 0 N–H and O–H groups in total. The summed E-state index contributed by atoms with van der Waals surface area (Å²) in [6.07, 6.45) is 0.535. The van der Waals surface area contributed by atoms with Crippen molar-refractivity contribution < 1.29 is 18.7 Å². The number of ether oxygens (including phenoxy) is 2. The van der Waals surface area contributed by atoms with Gasteiger partial charge in [-0.05, 0) is 30.5 Å². The van der Waals surface area contributed by atoms with Crippen LogP contribution < -0.4 is 4.90 Å². The number of carbonyl (C=O) groups excluding carboxylic acids is 1. The second kappa shape index (κ2) is 8.39. The number of aryl methyl sites for hydroxylation is 1. The average Bonchev–Trinajstić information content (AvgIpc) is 3.09. The number of hydrogen-bond acceptors (Lipinski definition) is 6. The maximum absolute atomic E-state index is 13.3. The zero-order chi connectivity index (χ0) is 21.3. The topological polar surface area (TPSA) is 69.0 Å². The standard InChI is InChI=1S/C22H25FN4O3/c1-14-16(5-4-6-17(14)13-23)11-19-15(2)24-21-18(22(28)29-3)12-20(25-27(19)21)26-7-9-30-10-8-26/h4-6,12H,7-11,13H2,1-3H3. The molecule has 2 aromatic heterocycles. The molecule has 7 nitrogen and oxygen atoms in total. The normalized spacial score (nSPS) is 14.3. The van der Waals surface area contributed by atoms with Crippen LogP contribution in [0.5, 0.6) is 0 Å². The van der Waals surface area contributed by atoms with Crippen LogP contribution in [0, 0.1) is 13.8 Å². The molecule has 0 bridgehead atoms. The minimum absolute atomic E-state index is 0.373. The second-order valence-electron chi connectivity index (χ2n) is 7.40. The van der Waals surface area contributed by atoms with Gasteiger partial charge in [0.2, 0.25) is 0 Å². The quantitative estimate of drug-likeness (QED) is 0.600. The minimum atomic E-state index is -0.502. The largest absolute Gasteiger partial charge is 0.465 e. The Morgan fingerprint density at radius 1 is 1.23 bits per heavy atom. The van der Waals surface area contributed by atoms with E-state index in [4.69, 9.17) is 14.6 Å². The highest BCUT2D eigenvalue weighted by Gasteiger charge is 2.23. The molecule has 4 rings (SSSR count). The molecule has 8 heteroatoms. The summed E-state index contributed by atoms with van der Waals surface area (Å²) in [6.45, 7) is 5.93. The van der Waals surface area contributed by atoms with Crippen LogP contribution in [0.2, 0.25) is 0 Å². The number of imidazole rings is 1. The number of benzene rings is 1. The minimum Gasteiger partial charge on any atom is -0.465 e. The number of alkyl halides is 1. The van der Waals surface area contributed by atoms with Crippen molar-refractivity contribution in [3.05, 3.63) is 57.9 Å². The van der Waals surface area contributed by atoms with Crippen LogP contribution in [0.3, 0.4) is 0 Å². The first kappa shape index (κ1) is 20.3. The molecule has 1 aromatic carbocycles. The summed E-state index contributed by atoms with van der Waals surface area (Å²) in [4.78, 5) is 19.2. The predicted molar refractivity (Wildman–Crippen MR) is 111 cm³/mol. The van der Waals surface area contributed by atoms with Gasteiger partial charge in [-0.1, -0.05) is 18.2 Å². The Labute approximate surface area is 174 Å². The number of aromatic nitrogens is 3. The molecule has 30 heavy (non-hydrogen) atoms. The van der Waals surface area contributed by atoms with E-state index in [1.54, 1.807) is 16.6 Å². The van der Waals surface area contributed by atoms with Gasteiger partial charge in [-0.2, -0.15) is 0 Å². The summed E-state index contributed by atoms with van der Waals surface area (Å²) in [6, 6.07) is 7.38. The molecule has 1 aliphatic heterocycles. The summed E-state index contributed by atoms with van der Waals surface area (Å²) in [7, 11) is 1.36. The van der Waals surface area contributed by atoms with Gasteiger partial charge in [0.15, 0.2) is 11.5 Å². The fourth-order valence-electron chi connectivity index (χ4n) is 3.82. The number of hydrogen-bond donors (Lipinski definition) is 0. The van der Waals surface area contributed by atoms with Crippen LogP contribution in [0.1, 0.15) is 38.4 Å². The molecule has 158 valence electrons. The third-order valence-corrected chi connectivity index (χ3v) is 5.66. The number of nitrogens with zero attached hydrogens (tertiary/aromatic N) is 4. The number of carbonyl (C=O) groups is 1. The fraction of sp³-hybridized carbons (Fsp3) is 0.409. The van der Waals surface area contributed by atoms with Crippen LogP contribution in [-0.2, 0) is 22.6 Å². The molecule has 3 heterocycles. The van der Waals surface area contributed by atoms with Gasteiger partial charge in [0, 0.05) is 25.6 Å². The van der Waals surface area contributed by atoms with E-state index < -0.39 is 12.6 Å². The molecule has 1 saturated heterocycles. The van der Waals surface area contributed by atoms with Crippen LogP contribution in [0.4, 0.5) is 10.2 Å². The Kier molecular flexibility index (Phi) is 5.67. The molecule has 0 atom stereocenters. The number of fused-ring (bicyclic) bond motifs is 1. The second-order valence-corrected chi connectivity index (χ2v) is 7.40. The first-order valence-corrected chi connectivity index (χ1v) is 9.97. The number of rotatable bonds is 5. The summed E-state index contributed by atoms with van der Waals surface area (Å²) < 4.78 is 25.5. The van der Waals surface area contributed by atoms with Crippen molar-refractivity contribution >= 4 is 17.4 Å². The van der Waals surface area contributed by atoms with E-state index in [1.165, 1.54) is 7.11 Å². The van der Waals surface area contributed by atoms with Crippen molar-refractivity contribution in [1.29, 1.82) is 0 Å². The Balaban J connectivity index is 1.85. The number of halogens is 1. The molecule has 0 saturated carbocycles. The van der Waals surface area contributed by atoms with Crippen molar-refractivity contribution in [1.82, 2.24) is 14.6 Å². The van der Waals surface area contributed by atoms with Crippen LogP contribution >= 0.6 is 0 Å².